The minimum atomic E-state index is -0.771. The molecule has 1 aliphatic rings. The first kappa shape index (κ1) is 10.1. The SMILES string of the molecule is CCC(C)c1nncn1C1(C(=O)O)CC1. The molecule has 2 rings (SSSR count). The van der Waals surface area contributed by atoms with Gasteiger partial charge in [-0.3, -0.25) is 0 Å². The van der Waals surface area contributed by atoms with E-state index < -0.39 is 11.5 Å². The van der Waals surface area contributed by atoms with E-state index in [0.717, 1.165) is 12.2 Å². The predicted molar refractivity (Wildman–Crippen MR) is 53.6 cm³/mol. The van der Waals surface area contributed by atoms with E-state index in [4.69, 9.17) is 0 Å². The Morgan fingerprint density at radius 1 is 1.73 bits per heavy atom. The van der Waals surface area contributed by atoms with E-state index in [0.29, 0.717) is 12.8 Å². The first-order valence-electron chi connectivity index (χ1n) is 5.25. The van der Waals surface area contributed by atoms with Gasteiger partial charge in [-0.1, -0.05) is 13.8 Å². The highest BCUT2D eigenvalue weighted by Gasteiger charge is 2.53. The molecule has 5 heteroatoms. The Bertz CT molecular complexity index is 382. The normalized spacial score (nSPS) is 19.9. The van der Waals surface area contributed by atoms with Crippen molar-refractivity contribution in [3.63, 3.8) is 0 Å². The zero-order valence-electron chi connectivity index (χ0n) is 8.97. The summed E-state index contributed by atoms with van der Waals surface area (Å²) in [5.41, 5.74) is -0.748. The fourth-order valence-electron chi connectivity index (χ4n) is 1.77. The summed E-state index contributed by atoms with van der Waals surface area (Å²) in [6.07, 6.45) is 3.85. The van der Waals surface area contributed by atoms with Crippen molar-refractivity contribution in [1.82, 2.24) is 14.8 Å². The molecule has 0 aliphatic heterocycles. The van der Waals surface area contributed by atoms with Crippen molar-refractivity contribution in [2.45, 2.75) is 44.6 Å². The van der Waals surface area contributed by atoms with E-state index in [2.05, 4.69) is 17.1 Å². The first-order chi connectivity index (χ1) is 7.12. The molecule has 5 nitrogen and oxygen atoms in total. The van der Waals surface area contributed by atoms with Crippen molar-refractivity contribution < 1.29 is 9.90 Å². The summed E-state index contributed by atoms with van der Waals surface area (Å²) in [6, 6.07) is 0. The Kier molecular flexibility index (Phi) is 2.25. The van der Waals surface area contributed by atoms with E-state index >= 15 is 0 Å². The van der Waals surface area contributed by atoms with Gasteiger partial charge in [-0.25, -0.2) is 4.79 Å². The summed E-state index contributed by atoms with van der Waals surface area (Å²) in [5.74, 6) is 0.272. The second-order valence-corrected chi connectivity index (χ2v) is 4.21. The quantitative estimate of drug-likeness (QED) is 0.813. The molecule has 1 heterocycles. The molecule has 0 radical (unpaired) electrons. The number of hydrogen-bond donors (Lipinski definition) is 1. The van der Waals surface area contributed by atoms with Crippen LogP contribution in [0.4, 0.5) is 0 Å². The molecule has 0 aromatic carbocycles. The minimum absolute atomic E-state index is 0.254. The highest BCUT2D eigenvalue weighted by atomic mass is 16.4. The molecule has 0 amide bonds. The second kappa shape index (κ2) is 3.32. The predicted octanol–water partition coefficient (Wildman–Crippen LogP) is 1.37. The molecule has 1 aromatic heterocycles. The van der Waals surface area contributed by atoms with Crippen LogP contribution in [-0.2, 0) is 10.3 Å². The van der Waals surface area contributed by atoms with Gasteiger partial charge < -0.3 is 9.67 Å². The fourth-order valence-corrected chi connectivity index (χ4v) is 1.77. The van der Waals surface area contributed by atoms with Gasteiger partial charge in [0, 0.05) is 5.92 Å². The Hall–Kier alpha value is -1.39. The Labute approximate surface area is 88.1 Å². The van der Waals surface area contributed by atoms with Crippen molar-refractivity contribution in [1.29, 1.82) is 0 Å². The lowest BCUT2D eigenvalue weighted by molar-refractivity contribution is -0.142. The minimum Gasteiger partial charge on any atom is -0.479 e. The summed E-state index contributed by atoms with van der Waals surface area (Å²) in [6.45, 7) is 4.10. The molecule has 0 spiro atoms. The van der Waals surface area contributed by atoms with Crippen LogP contribution in [0.2, 0.25) is 0 Å². The van der Waals surface area contributed by atoms with Crippen molar-refractivity contribution in [2.24, 2.45) is 0 Å². The Balaban J connectivity index is 2.37. The van der Waals surface area contributed by atoms with Crippen LogP contribution in [0.1, 0.15) is 44.9 Å². The highest BCUT2D eigenvalue weighted by Crippen LogP contribution is 2.45. The molecule has 82 valence electrons. The van der Waals surface area contributed by atoms with Gasteiger partial charge in [0.25, 0.3) is 0 Å². The van der Waals surface area contributed by atoms with Crippen molar-refractivity contribution in [2.75, 3.05) is 0 Å². The number of nitrogens with zero attached hydrogens (tertiary/aromatic N) is 3. The number of carboxylic acid groups (broad SMARTS) is 1. The average molecular weight is 209 g/mol. The monoisotopic (exact) mass is 209 g/mol. The fraction of sp³-hybridized carbons (Fsp3) is 0.700. The Morgan fingerprint density at radius 3 is 2.87 bits per heavy atom. The van der Waals surface area contributed by atoms with Crippen LogP contribution in [0.3, 0.4) is 0 Å². The van der Waals surface area contributed by atoms with Crippen LogP contribution in [0, 0.1) is 0 Å². The molecule has 1 saturated carbocycles. The van der Waals surface area contributed by atoms with Gasteiger partial charge in [0.15, 0.2) is 0 Å². The van der Waals surface area contributed by atoms with Crippen LogP contribution < -0.4 is 0 Å². The number of hydrogen-bond acceptors (Lipinski definition) is 3. The van der Waals surface area contributed by atoms with Crippen LogP contribution in [-0.4, -0.2) is 25.8 Å². The summed E-state index contributed by atoms with van der Waals surface area (Å²) in [7, 11) is 0. The van der Waals surface area contributed by atoms with E-state index in [1.54, 1.807) is 10.9 Å². The van der Waals surface area contributed by atoms with Crippen molar-refractivity contribution in [3.8, 4) is 0 Å². The molecule has 1 N–H and O–H groups in total. The maximum Gasteiger partial charge on any atom is 0.329 e. The molecule has 1 atom stereocenters. The third-order valence-electron chi connectivity index (χ3n) is 3.21. The largest absolute Gasteiger partial charge is 0.479 e. The topological polar surface area (TPSA) is 68.0 Å². The lowest BCUT2D eigenvalue weighted by atomic mass is 10.1. The average Bonchev–Trinajstić information content (AvgIpc) is 2.89. The van der Waals surface area contributed by atoms with E-state index in [-0.39, 0.29) is 5.92 Å². The smallest absolute Gasteiger partial charge is 0.329 e. The Morgan fingerprint density at radius 2 is 2.40 bits per heavy atom. The lowest BCUT2D eigenvalue weighted by Crippen LogP contribution is -2.29. The van der Waals surface area contributed by atoms with Crippen LogP contribution >= 0.6 is 0 Å². The van der Waals surface area contributed by atoms with Crippen LogP contribution in [0.5, 0.6) is 0 Å². The molecule has 1 aliphatic carbocycles. The summed E-state index contributed by atoms with van der Waals surface area (Å²) in [5, 5.41) is 17.0. The molecule has 0 saturated heterocycles. The van der Waals surface area contributed by atoms with E-state index in [1.807, 2.05) is 6.92 Å². The molecule has 1 fully saturated rings. The molecule has 0 bridgehead atoms. The van der Waals surface area contributed by atoms with E-state index in [1.165, 1.54) is 0 Å². The third-order valence-corrected chi connectivity index (χ3v) is 3.21. The maximum atomic E-state index is 11.2. The zero-order valence-corrected chi connectivity index (χ0v) is 8.97. The number of rotatable bonds is 4. The maximum absolute atomic E-state index is 11.2. The van der Waals surface area contributed by atoms with Gasteiger partial charge in [0.1, 0.15) is 17.7 Å². The number of carboxylic acids is 1. The number of carbonyl (C=O) groups is 1. The molecule has 1 unspecified atom stereocenters. The number of aliphatic carboxylic acids is 1. The lowest BCUT2D eigenvalue weighted by Gasteiger charge is -2.16. The van der Waals surface area contributed by atoms with E-state index in [9.17, 15) is 9.90 Å². The highest BCUT2D eigenvalue weighted by molar-refractivity contribution is 5.80. The van der Waals surface area contributed by atoms with Crippen molar-refractivity contribution >= 4 is 5.97 Å². The summed E-state index contributed by atoms with van der Waals surface area (Å²) < 4.78 is 1.74. The van der Waals surface area contributed by atoms with Gasteiger partial charge in [-0.05, 0) is 19.3 Å². The van der Waals surface area contributed by atoms with Gasteiger partial charge in [-0.15, -0.1) is 10.2 Å². The standard InChI is InChI=1S/C10H15N3O2/c1-3-7(2)8-12-11-6-13(8)10(4-5-10)9(14)15/h6-7H,3-5H2,1-2H3,(H,14,15). The van der Waals surface area contributed by atoms with Crippen LogP contribution in [0.15, 0.2) is 6.33 Å². The van der Waals surface area contributed by atoms with Gasteiger partial charge in [0.05, 0.1) is 0 Å². The van der Waals surface area contributed by atoms with Gasteiger partial charge in [0.2, 0.25) is 0 Å². The second-order valence-electron chi connectivity index (χ2n) is 4.21. The third kappa shape index (κ3) is 1.42. The summed E-state index contributed by atoms with van der Waals surface area (Å²) >= 11 is 0. The molecular weight excluding hydrogens is 194 g/mol. The molecule has 15 heavy (non-hydrogen) atoms. The zero-order chi connectivity index (χ0) is 11.1. The number of aromatic nitrogens is 3. The van der Waals surface area contributed by atoms with Crippen molar-refractivity contribution in [3.05, 3.63) is 12.2 Å². The summed E-state index contributed by atoms with van der Waals surface area (Å²) in [4.78, 5) is 11.2. The van der Waals surface area contributed by atoms with Gasteiger partial charge >= 0.3 is 5.97 Å². The van der Waals surface area contributed by atoms with Crippen LogP contribution in [0.25, 0.3) is 0 Å². The van der Waals surface area contributed by atoms with Gasteiger partial charge in [-0.2, -0.15) is 0 Å². The molecule has 1 aromatic rings. The first-order valence-corrected chi connectivity index (χ1v) is 5.25. The molecular formula is C10H15N3O2.